The molecule has 0 aromatic heterocycles. The van der Waals surface area contributed by atoms with Crippen molar-refractivity contribution in [2.45, 2.75) is 44.8 Å². The quantitative estimate of drug-likeness (QED) is 0.575. The van der Waals surface area contributed by atoms with E-state index in [1.807, 2.05) is 31.3 Å². The summed E-state index contributed by atoms with van der Waals surface area (Å²) in [4.78, 5) is 0. The van der Waals surface area contributed by atoms with Gasteiger partial charge in [0.2, 0.25) is 0 Å². The third kappa shape index (κ3) is 5.90. The van der Waals surface area contributed by atoms with Crippen LogP contribution in [0, 0.1) is 0 Å². The predicted molar refractivity (Wildman–Crippen MR) is 82.9 cm³/mol. The summed E-state index contributed by atoms with van der Waals surface area (Å²) in [5, 5.41) is 13.2. The van der Waals surface area contributed by atoms with E-state index >= 15 is 0 Å². The summed E-state index contributed by atoms with van der Waals surface area (Å²) in [5.41, 5.74) is 6.81. The monoisotopic (exact) mass is 280 g/mol. The third-order valence-electron chi connectivity index (χ3n) is 3.37. The van der Waals surface area contributed by atoms with Crippen molar-refractivity contribution in [2.24, 2.45) is 5.73 Å². The molecule has 20 heavy (non-hydrogen) atoms. The van der Waals surface area contributed by atoms with E-state index in [4.69, 9.17) is 10.5 Å². The van der Waals surface area contributed by atoms with E-state index in [1.165, 1.54) is 12.8 Å². The van der Waals surface area contributed by atoms with Crippen molar-refractivity contribution in [3.63, 3.8) is 0 Å². The molecule has 4 heteroatoms. The summed E-state index contributed by atoms with van der Waals surface area (Å²) in [7, 11) is 1.88. The molecule has 0 amide bonds. The lowest BCUT2D eigenvalue weighted by atomic mass is 10.0. The lowest BCUT2D eigenvalue weighted by Crippen LogP contribution is -2.31. The maximum atomic E-state index is 10.2. The summed E-state index contributed by atoms with van der Waals surface area (Å²) in [5.74, 6) is 0.848. The number of hydrogen-bond acceptors (Lipinski definition) is 4. The van der Waals surface area contributed by atoms with Crippen molar-refractivity contribution in [1.82, 2.24) is 5.32 Å². The second kappa shape index (κ2) is 9.75. The van der Waals surface area contributed by atoms with Crippen molar-refractivity contribution in [1.29, 1.82) is 0 Å². The summed E-state index contributed by atoms with van der Waals surface area (Å²) in [6, 6.07) is 7.32. The van der Waals surface area contributed by atoms with Gasteiger partial charge in [0.25, 0.3) is 0 Å². The van der Waals surface area contributed by atoms with E-state index in [2.05, 4.69) is 12.2 Å². The van der Waals surface area contributed by atoms with Gasteiger partial charge in [-0.1, -0.05) is 31.9 Å². The Hall–Kier alpha value is -1.10. The first-order valence-corrected chi connectivity index (χ1v) is 7.50. The van der Waals surface area contributed by atoms with Gasteiger partial charge in [0, 0.05) is 6.04 Å². The molecule has 2 atom stereocenters. The normalized spacial score (nSPS) is 14.0. The van der Waals surface area contributed by atoms with Gasteiger partial charge in [-0.25, -0.2) is 0 Å². The van der Waals surface area contributed by atoms with Crippen LogP contribution in [-0.4, -0.2) is 31.3 Å². The molecule has 0 spiro atoms. The highest BCUT2D eigenvalue weighted by Crippen LogP contribution is 2.21. The van der Waals surface area contributed by atoms with E-state index < -0.39 is 6.10 Å². The third-order valence-corrected chi connectivity index (χ3v) is 3.37. The minimum absolute atomic E-state index is 0.251. The number of rotatable bonds is 10. The highest BCUT2D eigenvalue weighted by atomic mass is 16.5. The maximum absolute atomic E-state index is 10.2. The van der Waals surface area contributed by atoms with Crippen LogP contribution in [0.1, 0.15) is 44.3 Å². The fourth-order valence-electron chi connectivity index (χ4n) is 2.02. The van der Waals surface area contributed by atoms with E-state index in [0.717, 1.165) is 37.3 Å². The lowest BCUT2D eigenvalue weighted by molar-refractivity contribution is 0.142. The number of nitrogens with one attached hydrogen (secondary N) is 1. The first kappa shape index (κ1) is 17.0. The molecule has 0 aliphatic carbocycles. The maximum Gasteiger partial charge on any atom is 0.119 e. The highest BCUT2D eigenvalue weighted by Gasteiger charge is 2.16. The molecular formula is C16H28N2O2. The molecule has 0 radical (unpaired) electrons. The largest absolute Gasteiger partial charge is 0.494 e. The van der Waals surface area contributed by atoms with Gasteiger partial charge in [-0.15, -0.1) is 0 Å². The number of ether oxygens (including phenoxy) is 1. The highest BCUT2D eigenvalue weighted by molar-refractivity contribution is 5.29. The van der Waals surface area contributed by atoms with Crippen molar-refractivity contribution >= 4 is 0 Å². The van der Waals surface area contributed by atoms with E-state index in [0.29, 0.717) is 0 Å². The number of hydrogen-bond donors (Lipinski definition) is 3. The number of unbranched alkanes of at least 4 members (excludes halogenated alkanes) is 2. The summed E-state index contributed by atoms with van der Waals surface area (Å²) >= 11 is 0. The van der Waals surface area contributed by atoms with Crippen LogP contribution in [0.15, 0.2) is 24.3 Å². The molecule has 1 aromatic carbocycles. The zero-order valence-electron chi connectivity index (χ0n) is 12.6. The van der Waals surface area contributed by atoms with Crippen molar-refractivity contribution in [2.75, 3.05) is 20.2 Å². The zero-order valence-corrected chi connectivity index (χ0v) is 12.6. The summed E-state index contributed by atoms with van der Waals surface area (Å²) in [6.07, 6.45) is 3.58. The standard InChI is InChI=1S/C16H28N2O2/c1-3-4-5-12-20-14-8-6-13(7-9-14)16(19)15(17)10-11-18-2/h6-9,15-16,18-19H,3-5,10-12,17H2,1-2H3. The van der Waals surface area contributed by atoms with Crippen LogP contribution in [0.25, 0.3) is 0 Å². The predicted octanol–water partition coefficient (Wildman–Crippen LogP) is 2.23. The Morgan fingerprint density at radius 3 is 2.55 bits per heavy atom. The van der Waals surface area contributed by atoms with Crippen LogP contribution in [-0.2, 0) is 0 Å². The Labute approximate surface area is 122 Å². The number of aliphatic hydroxyl groups is 1. The van der Waals surface area contributed by atoms with Gasteiger partial charge >= 0.3 is 0 Å². The lowest BCUT2D eigenvalue weighted by Gasteiger charge is -2.19. The molecule has 0 bridgehead atoms. The van der Waals surface area contributed by atoms with Crippen LogP contribution >= 0.6 is 0 Å². The number of benzene rings is 1. The molecule has 4 N–H and O–H groups in total. The van der Waals surface area contributed by atoms with E-state index in [-0.39, 0.29) is 6.04 Å². The molecule has 114 valence electrons. The van der Waals surface area contributed by atoms with Crippen molar-refractivity contribution < 1.29 is 9.84 Å². The Morgan fingerprint density at radius 1 is 1.25 bits per heavy atom. The Balaban J connectivity index is 2.44. The number of aliphatic hydroxyl groups excluding tert-OH is 1. The molecule has 0 aliphatic heterocycles. The van der Waals surface area contributed by atoms with Gasteiger partial charge in [-0.2, -0.15) is 0 Å². The van der Waals surface area contributed by atoms with Crippen molar-refractivity contribution in [3.8, 4) is 5.75 Å². The zero-order chi connectivity index (χ0) is 14.8. The molecular weight excluding hydrogens is 252 g/mol. The number of nitrogens with two attached hydrogens (primary N) is 1. The smallest absolute Gasteiger partial charge is 0.119 e. The minimum atomic E-state index is -0.627. The minimum Gasteiger partial charge on any atom is -0.494 e. The van der Waals surface area contributed by atoms with Crippen LogP contribution < -0.4 is 15.8 Å². The average Bonchev–Trinajstić information content (AvgIpc) is 2.49. The molecule has 0 saturated heterocycles. The van der Waals surface area contributed by atoms with E-state index in [1.54, 1.807) is 0 Å². The molecule has 0 fully saturated rings. The van der Waals surface area contributed by atoms with Gasteiger partial charge in [0.05, 0.1) is 12.7 Å². The van der Waals surface area contributed by atoms with Crippen LogP contribution in [0.5, 0.6) is 5.75 Å². The molecule has 0 heterocycles. The van der Waals surface area contributed by atoms with Crippen LogP contribution in [0.4, 0.5) is 0 Å². The summed E-state index contributed by atoms with van der Waals surface area (Å²) in [6.45, 7) is 3.72. The first-order chi connectivity index (χ1) is 9.69. The van der Waals surface area contributed by atoms with Gasteiger partial charge in [-0.3, -0.25) is 0 Å². The fraction of sp³-hybridized carbons (Fsp3) is 0.625. The topological polar surface area (TPSA) is 67.5 Å². The molecule has 1 rings (SSSR count). The van der Waals surface area contributed by atoms with Crippen LogP contribution in [0.3, 0.4) is 0 Å². The first-order valence-electron chi connectivity index (χ1n) is 7.50. The van der Waals surface area contributed by atoms with Crippen molar-refractivity contribution in [3.05, 3.63) is 29.8 Å². The Bertz CT molecular complexity index is 354. The second-order valence-electron chi connectivity index (χ2n) is 5.13. The second-order valence-corrected chi connectivity index (χ2v) is 5.13. The van der Waals surface area contributed by atoms with Gasteiger partial charge in [-0.05, 0) is 44.1 Å². The van der Waals surface area contributed by atoms with Gasteiger partial charge in [0.15, 0.2) is 0 Å². The SMILES string of the molecule is CCCCCOc1ccc(C(O)C(N)CCNC)cc1. The molecule has 0 saturated carbocycles. The molecule has 0 aliphatic rings. The van der Waals surface area contributed by atoms with Gasteiger partial charge in [0.1, 0.15) is 5.75 Å². The molecule has 2 unspecified atom stereocenters. The van der Waals surface area contributed by atoms with Crippen LogP contribution in [0.2, 0.25) is 0 Å². The Kier molecular flexibility index (Phi) is 8.26. The molecule has 4 nitrogen and oxygen atoms in total. The summed E-state index contributed by atoms with van der Waals surface area (Å²) < 4.78 is 5.65. The Morgan fingerprint density at radius 2 is 1.95 bits per heavy atom. The fourth-order valence-corrected chi connectivity index (χ4v) is 2.02. The van der Waals surface area contributed by atoms with Gasteiger partial charge < -0.3 is 20.9 Å². The van der Waals surface area contributed by atoms with E-state index in [9.17, 15) is 5.11 Å². The molecule has 1 aromatic rings. The average molecular weight is 280 g/mol.